The van der Waals surface area contributed by atoms with Crippen molar-refractivity contribution in [2.45, 2.75) is 25.7 Å². The molecule has 0 spiro atoms. The molecule has 3 N–H and O–H groups in total. The molecule has 0 atom stereocenters. The number of nitrogens with zero attached hydrogens (tertiary/aromatic N) is 3. The van der Waals surface area contributed by atoms with Crippen LogP contribution >= 0.6 is 0 Å². The van der Waals surface area contributed by atoms with Crippen molar-refractivity contribution in [1.82, 2.24) is 19.9 Å². The van der Waals surface area contributed by atoms with Gasteiger partial charge in [-0.15, -0.1) is 0 Å². The minimum Gasteiger partial charge on any atom is -0.494 e. The molecule has 0 radical (unpaired) electrons. The molecule has 6 heteroatoms. The Morgan fingerprint density at radius 2 is 1.73 bits per heavy atom. The molecule has 0 bridgehead atoms. The van der Waals surface area contributed by atoms with Crippen LogP contribution < -0.4 is 0 Å². The van der Waals surface area contributed by atoms with Crippen LogP contribution in [0.5, 0.6) is 5.88 Å². The molecule has 6 nitrogen and oxygen atoms in total. The second-order valence-corrected chi connectivity index (χ2v) is 9.72. The van der Waals surface area contributed by atoms with E-state index in [1.807, 2.05) is 48.5 Å². The van der Waals surface area contributed by atoms with Gasteiger partial charge in [0.2, 0.25) is 0 Å². The summed E-state index contributed by atoms with van der Waals surface area (Å²) in [7, 11) is 0. The van der Waals surface area contributed by atoms with E-state index >= 15 is 0 Å². The number of imidazole rings is 1. The second kappa shape index (κ2) is 10.4. The quantitative estimate of drug-likeness (QED) is 0.219. The lowest BCUT2D eigenvalue weighted by molar-refractivity contribution is 0.334. The molecule has 1 aliphatic rings. The smallest absolute Gasteiger partial charge is 0.199 e. The zero-order valence-corrected chi connectivity index (χ0v) is 20.8. The summed E-state index contributed by atoms with van der Waals surface area (Å²) in [6, 6.07) is 24.6. The highest BCUT2D eigenvalue weighted by Crippen LogP contribution is 2.32. The first-order chi connectivity index (χ1) is 18.2. The normalized spacial score (nSPS) is 14.5. The largest absolute Gasteiger partial charge is 0.494 e. The summed E-state index contributed by atoms with van der Waals surface area (Å²) in [5, 5.41) is 11.9. The van der Waals surface area contributed by atoms with Crippen molar-refractivity contribution in [3.05, 3.63) is 102 Å². The van der Waals surface area contributed by atoms with Gasteiger partial charge in [-0.05, 0) is 74.6 Å². The summed E-state index contributed by atoms with van der Waals surface area (Å²) in [6.45, 7) is 3.66. The maximum atomic E-state index is 10.9. The Balaban J connectivity index is 1.32. The maximum absolute atomic E-state index is 10.9. The van der Waals surface area contributed by atoms with Crippen LogP contribution in [0.1, 0.15) is 36.0 Å². The number of hydrogen-bond acceptors (Lipinski definition) is 4. The molecular formula is C31H31N5O. The van der Waals surface area contributed by atoms with E-state index < -0.39 is 0 Å². The van der Waals surface area contributed by atoms with E-state index in [1.165, 1.54) is 44.5 Å². The molecule has 5 aromatic rings. The number of aryl methyl sites for hydroxylation is 1. The number of para-hydroxylation sites is 1. The average Bonchev–Trinajstić information content (AvgIpc) is 3.70. The van der Waals surface area contributed by atoms with Gasteiger partial charge in [-0.1, -0.05) is 54.6 Å². The van der Waals surface area contributed by atoms with Gasteiger partial charge in [0.05, 0.1) is 35.2 Å². The minimum absolute atomic E-state index is 0.128. The van der Waals surface area contributed by atoms with Crippen LogP contribution in [0.3, 0.4) is 0 Å². The lowest BCUT2D eigenvalue weighted by Crippen LogP contribution is -2.20. The first-order valence-electron chi connectivity index (χ1n) is 13.0. The molecule has 1 aliphatic heterocycles. The number of likely N-dealkylation sites (tertiary alicyclic amines) is 1. The molecule has 37 heavy (non-hydrogen) atoms. The highest BCUT2D eigenvalue weighted by Gasteiger charge is 2.19. The van der Waals surface area contributed by atoms with Crippen LogP contribution in [-0.2, 0) is 6.42 Å². The Labute approximate surface area is 216 Å². The van der Waals surface area contributed by atoms with E-state index in [2.05, 4.69) is 44.1 Å². The standard InChI is InChI=1S/C31H31N5O/c37-31-29(26-7-1-2-8-27(26)35-31)30(34-25-15-13-23(14-16-25)28-20-32-21-33-28)24-11-9-22(10-12-24)6-5-19-36-17-3-4-18-36/h1-2,7-16,20-21,35,37H,3-6,17-19H2,(H,32,33). The van der Waals surface area contributed by atoms with Gasteiger partial charge in [-0.2, -0.15) is 0 Å². The molecule has 186 valence electrons. The van der Waals surface area contributed by atoms with Crippen LogP contribution in [0.15, 0.2) is 90.3 Å². The zero-order chi connectivity index (χ0) is 25.0. The van der Waals surface area contributed by atoms with E-state index in [-0.39, 0.29) is 5.88 Å². The van der Waals surface area contributed by atoms with Crippen molar-refractivity contribution >= 4 is 22.3 Å². The summed E-state index contributed by atoms with van der Waals surface area (Å²) >= 11 is 0. The van der Waals surface area contributed by atoms with E-state index in [0.29, 0.717) is 0 Å². The lowest BCUT2D eigenvalue weighted by Gasteiger charge is -2.14. The number of aromatic hydroxyl groups is 1. The summed E-state index contributed by atoms with van der Waals surface area (Å²) in [6.07, 6.45) is 8.39. The molecule has 0 unspecified atom stereocenters. The minimum atomic E-state index is 0.128. The van der Waals surface area contributed by atoms with Gasteiger partial charge in [0, 0.05) is 16.5 Å². The molecular weight excluding hydrogens is 458 g/mol. The number of aliphatic imine (C=N–C) groups is 1. The van der Waals surface area contributed by atoms with Gasteiger partial charge >= 0.3 is 0 Å². The van der Waals surface area contributed by atoms with Crippen LogP contribution in [0.4, 0.5) is 5.69 Å². The summed E-state index contributed by atoms with van der Waals surface area (Å²) in [5.41, 5.74) is 7.48. The molecule has 0 saturated carbocycles. The summed E-state index contributed by atoms with van der Waals surface area (Å²) in [4.78, 5) is 18.0. The topological polar surface area (TPSA) is 80.3 Å². The van der Waals surface area contributed by atoms with Gasteiger partial charge in [0.1, 0.15) is 0 Å². The Kier molecular flexibility index (Phi) is 6.57. The van der Waals surface area contributed by atoms with Gasteiger partial charge in [0.25, 0.3) is 0 Å². The van der Waals surface area contributed by atoms with Gasteiger partial charge in [-0.25, -0.2) is 9.98 Å². The van der Waals surface area contributed by atoms with Crippen molar-refractivity contribution in [2.24, 2.45) is 4.99 Å². The first kappa shape index (κ1) is 23.3. The van der Waals surface area contributed by atoms with Crippen molar-refractivity contribution < 1.29 is 5.11 Å². The molecule has 2 aromatic heterocycles. The highest BCUT2D eigenvalue weighted by molar-refractivity contribution is 6.21. The fraction of sp³-hybridized carbons (Fsp3) is 0.226. The number of aromatic nitrogens is 3. The Morgan fingerprint density at radius 1 is 0.946 bits per heavy atom. The Bertz CT molecular complexity index is 1490. The number of aromatic amines is 2. The van der Waals surface area contributed by atoms with Crippen molar-refractivity contribution in [1.29, 1.82) is 0 Å². The van der Waals surface area contributed by atoms with E-state index in [1.54, 1.807) is 12.5 Å². The van der Waals surface area contributed by atoms with E-state index in [9.17, 15) is 5.11 Å². The molecule has 3 heterocycles. The molecule has 0 amide bonds. The predicted octanol–water partition coefficient (Wildman–Crippen LogP) is 6.46. The van der Waals surface area contributed by atoms with Crippen LogP contribution in [0, 0.1) is 0 Å². The van der Waals surface area contributed by atoms with E-state index in [0.717, 1.165) is 51.1 Å². The van der Waals surface area contributed by atoms with Crippen LogP contribution in [-0.4, -0.2) is 50.3 Å². The molecule has 1 fully saturated rings. The fourth-order valence-corrected chi connectivity index (χ4v) is 5.23. The monoisotopic (exact) mass is 489 g/mol. The number of fused-ring (bicyclic) bond motifs is 1. The third-order valence-corrected chi connectivity index (χ3v) is 7.21. The maximum Gasteiger partial charge on any atom is 0.199 e. The SMILES string of the molecule is Oc1[nH]c2ccccc2c1C(=Nc1ccc(-c2cnc[nH]2)cc1)c1ccc(CCCN2CCCC2)cc1. The molecule has 6 rings (SSSR count). The van der Waals surface area contributed by atoms with Crippen LogP contribution in [0.2, 0.25) is 0 Å². The number of H-pyrrole nitrogens is 2. The van der Waals surface area contributed by atoms with Crippen molar-refractivity contribution in [3.63, 3.8) is 0 Å². The van der Waals surface area contributed by atoms with Gasteiger partial charge in [0.15, 0.2) is 5.88 Å². The van der Waals surface area contributed by atoms with E-state index in [4.69, 9.17) is 4.99 Å². The third-order valence-electron chi connectivity index (χ3n) is 7.21. The van der Waals surface area contributed by atoms with Crippen molar-refractivity contribution in [2.75, 3.05) is 19.6 Å². The predicted molar refractivity (Wildman–Crippen MR) is 150 cm³/mol. The average molecular weight is 490 g/mol. The fourth-order valence-electron chi connectivity index (χ4n) is 5.23. The Morgan fingerprint density at radius 3 is 2.49 bits per heavy atom. The number of hydrogen-bond donors (Lipinski definition) is 3. The van der Waals surface area contributed by atoms with Crippen LogP contribution in [0.25, 0.3) is 22.2 Å². The molecule has 3 aromatic carbocycles. The molecule has 0 aliphatic carbocycles. The lowest BCUT2D eigenvalue weighted by atomic mass is 9.98. The van der Waals surface area contributed by atoms with Crippen molar-refractivity contribution in [3.8, 4) is 17.1 Å². The number of rotatable bonds is 8. The highest BCUT2D eigenvalue weighted by atomic mass is 16.3. The summed E-state index contributed by atoms with van der Waals surface area (Å²) in [5.74, 6) is 0.128. The Hall–Kier alpha value is -4.16. The first-order valence-corrected chi connectivity index (χ1v) is 13.0. The third kappa shape index (κ3) is 5.06. The molecule has 1 saturated heterocycles. The van der Waals surface area contributed by atoms with Gasteiger partial charge < -0.3 is 20.0 Å². The number of nitrogens with one attached hydrogen (secondary N) is 2. The summed E-state index contributed by atoms with van der Waals surface area (Å²) < 4.78 is 0. The zero-order valence-electron chi connectivity index (χ0n) is 20.8. The number of benzene rings is 3. The second-order valence-electron chi connectivity index (χ2n) is 9.72. The van der Waals surface area contributed by atoms with Gasteiger partial charge in [-0.3, -0.25) is 0 Å².